The lowest BCUT2D eigenvalue weighted by Crippen LogP contribution is -2.51. The number of anilines is 1. The van der Waals surface area contributed by atoms with Gasteiger partial charge in [-0.3, -0.25) is 24.0 Å². The standard InChI is InChI=1S/C48H63F4N7O11S/c1-31(48(50,51)52)58(28-32-11-13-34(49)14-12-32)42(63)29-59-44(64)47(70-46(59)66)18-17-33-27-35(15-16-36(33)47)55-41(62)10-4-9-40(61)54-20-6-22-68-24-26-69-25-23-67-21-5-19-53-39(60)8-3-2-7-38-43-37(30-71-38)56-45(65)57-43/h11-16,27,31,37-38,43H,2-10,17-26,28-30H2,1H3,(H,53,60)(H,54,61)(H,55,62)(H2,56,57,65)/t31-,37-,38-,43-,47?/m0/s1. The number of nitrogens with one attached hydrogen (secondary N) is 5. The van der Waals surface area contributed by atoms with Gasteiger partial charge in [-0.2, -0.15) is 24.9 Å². The summed E-state index contributed by atoms with van der Waals surface area (Å²) in [4.78, 5) is 89.8. The summed E-state index contributed by atoms with van der Waals surface area (Å²) in [6.45, 7) is 2.70. The summed E-state index contributed by atoms with van der Waals surface area (Å²) in [5.74, 6) is -2.27. The Morgan fingerprint density at radius 3 is 2.14 bits per heavy atom. The minimum absolute atomic E-state index is 0.0119. The smallest absolute Gasteiger partial charge is 0.418 e. The van der Waals surface area contributed by atoms with Crippen molar-refractivity contribution in [2.45, 2.75) is 119 Å². The molecule has 0 bridgehead atoms. The number of halogens is 4. The molecule has 71 heavy (non-hydrogen) atoms. The highest BCUT2D eigenvalue weighted by atomic mass is 32.2. The van der Waals surface area contributed by atoms with Crippen molar-refractivity contribution in [2.24, 2.45) is 0 Å². The highest BCUT2D eigenvalue weighted by molar-refractivity contribution is 8.00. The number of thioether (sulfide) groups is 1. The molecule has 4 aliphatic rings. The first-order valence-corrected chi connectivity index (χ1v) is 25.1. The molecule has 3 saturated heterocycles. The molecule has 2 aromatic rings. The lowest BCUT2D eigenvalue weighted by atomic mass is 9.94. The maximum Gasteiger partial charge on any atom is 0.418 e. The summed E-state index contributed by atoms with van der Waals surface area (Å²) >= 11 is 1.88. The quantitative estimate of drug-likeness (QED) is 0.0421. The normalized spacial score (nSPS) is 20.5. The fourth-order valence-electron chi connectivity index (χ4n) is 8.79. The first kappa shape index (κ1) is 54.8. The molecule has 6 rings (SSSR count). The summed E-state index contributed by atoms with van der Waals surface area (Å²) < 4.78 is 77.1. The van der Waals surface area contributed by atoms with Gasteiger partial charge < -0.3 is 50.4 Å². The number of rotatable bonds is 29. The van der Waals surface area contributed by atoms with Gasteiger partial charge in [0.25, 0.3) is 5.91 Å². The third-order valence-electron chi connectivity index (χ3n) is 12.7. The monoisotopic (exact) mass is 1020 g/mol. The van der Waals surface area contributed by atoms with E-state index in [4.69, 9.17) is 18.9 Å². The molecule has 8 amide bonds. The van der Waals surface area contributed by atoms with Crippen molar-refractivity contribution >= 4 is 59.1 Å². The lowest BCUT2D eigenvalue weighted by Gasteiger charge is -2.31. The number of carbonyl (C=O) groups is 7. The van der Waals surface area contributed by atoms with Gasteiger partial charge in [-0.05, 0) is 80.8 Å². The van der Waals surface area contributed by atoms with E-state index in [2.05, 4.69) is 26.6 Å². The van der Waals surface area contributed by atoms with E-state index in [1.807, 2.05) is 11.8 Å². The van der Waals surface area contributed by atoms with Crippen molar-refractivity contribution in [1.29, 1.82) is 0 Å². The van der Waals surface area contributed by atoms with Gasteiger partial charge in [-0.25, -0.2) is 18.9 Å². The maximum atomic E-state index is 13.8. The first-order chi connectivity index (χ1) is 34.0. The third kappa shape index (κ3) is 15.7. The van der Waals surface area contributed by atoms with Gasteiger partial charge in [0.1, 0.15) is 18.4 Å². The van der Waals surface area contributed by atoms with Crippen LogP contribution < -0.4 is 26.6 Å². The lowest BCUT2D eigenvalue weighted by molar-refractivity contribution is -0.187. The number of imide groups is 1. The summed E-state index contributed by atoms with van der Waals surface area (Å²) in [5, 5.41) is 14.8. The van der Waals surface area contributed by atoms with Crippen LogP contribution in [0, 0.1) is 5.82 Å². The van der Waals surface area contributed by atoms with Gasteiger partial charge in [0, 0.05) is 80.8 Å². The van der Waals surface area contributed by atoms with Crippen molar-refractivity contribution in [3.05, 3.63) is 65.0 Å². The largest absolute Gasteiger partial charge is 0.427 e. The Morgan fingerprint density at radius 1 is 0.845 bits per heavy atom. The van der Waals surface area contributed by atoms with Crippen LogP contribution in [0.1, 0.15) is 87.8 Å². The van der Waals surface area contributed by atoms with Crippen LogP contribution in [0.5, 0.6) is 0 Å². The number of urea groups is 1. The van der Waals surface area contributed by atoms with Crippen LogP contribution in [0.25, 0.3) is 0 Å². The Labute approximate surface area is 413 Å². The van der Waals surface area contributed by atoms with Gasteiger partial charge in [-0.15, -0.1) is 0 Å². The van der Waals surface area contributed by atoms with Crippen LogP contribution in [-0.4, -0.2) is 146 Å². The molecule has 1 unspecified atom stereocenters. The topological polar surface area (TPSA) is 223 Å². The Bertz CT molecular complexity index is 2190. The predicted molar refractivity (Wildman–Crippen MR) is 251 cm³/mol. The zero-order chi connectivity index (χ0) is 51.0. The Kier molecular flexibility index (Phi) is 20.3. The molecule has 1 aliphatic carbocycles. The van der Waals surface area contributed by atoms with Crippen LogP contribution in [0.15, 0.2) is 42.5 Å². The number of carbonyl (C=O) groups excluding carboxylic acids is 7. The number of amides is 8. The van der Waals surface area contributed by atoms with Gasteiger partial charge in [0.2, 0.25) is 29.2 Å². The van der Waals surface area contributed by atoms with Crippen molar-refractivity contribution in [3.63, 3.8) is 0 Å². The molecule has 3 heterocycles. The number of alkyl halides is 3. The van der Waals surface area contributed by atoms with E-state index in [1.165, 1.54) is 24.3 Å². The molecule has 2 aromatic carbocycles. The first-order valence-electron chi connectivity index (χ1n) is 24.1. The van der Waals surface area contributed by atoms with Crippen molar-refractivity contribution in [1.82, 2.24) is 31.1 Å². The molecule has 0 radical (unpaired) electrons. The van der Waals surface area contributed by atoms with Gasteiger partial charge in [0.15, 0.2) is 0 Å². The van der Waals surface area contributed by atoms with Crippen LogP contribution in [-0.2, 0) is 61.5 Å². The fraction of sp³-hybridized carbons (Fsp3) is 0.604. The second-order valence-electron chi connectivity index (χ2n) is 17.8. The van der Waals surface area contributed by atoms with Crippen LogP contribution >= 0.6 is 11.8 Å². The molecule has 23 heteroatoms. The number of fused-ring (bicyclic) bond motifs is 3. The zero-order valence-electron chi connectivity index (χ0n) is 39.7. The third-order valence-corrected chi connectivity index (χ3v) is 14.2. The molecule has 5 atom stereocenters. The number of benzene rings is 2. The average Bonchev–Trinajstić information content (AvgIpc) is 4.06. The van der Waals surface area contributed by atoms with Gasteiger partial charge in [0.05, 0.1) is 38.5 Å². The molecule has 390 valence electrons. The maximum absolute atomic E-state index is 13.8. The molecule has 18 nitrogen and oxygen atoms in total. The molecule has 0 aromatic heterocycles. The Balaban J connectivity index is 0.761. The SMILES string of the molecule is C[C@H](N(Cc1ccc(F)cc1)C(=O)CN1C(=O)OC2(CCc3cc(NC(=O)CCCC(=O)NCCCOCCOCCOCCCNC(=O)CCCC[C@@H]4SC[C@@H]5NC(=O)N[C@@H]54)ccc32)C1=O)C(F)(F)F. The zero-order valence-corrected chi connectivity index (χ0v) is 40.5. The van der Waals surface area contributed by atoms with Crippen LogP contribution in [0.4, 0.5) is 32.8 Å². The minimum atomic E-state index is -4.84. The molecule has 3 aliphatic heterocycles. The highest BCUT2D eigenvalue weighted by Crippen LogP contribution is 2.46. The van der Waals surface area contributed by atoms with E-state index in [0.717, 1.165) is 44.1 Å². The summed E-state index contributed by atoms with van der Waals surface area (Å²) in [6, 6.07) is 7.25. The van der Waals surface area contributed by atoms with E-state index in [-0.39, 0.29) is 73.5 Å². The van der Waals surface area contributed by atoms with E-state index in [0.29, 0.717) is 104 Å². The second-order valence-corrected chi connectivity index (χ2v) is 19.1. The predicted octanol–water partition coefficient (Wildman–Crippen LogP) is 4.82. The Morgan fingerprint density at radius 2 is 1.48 bits per heavy atom. The minimum Gasteiger partial charge on any atom is -0.427 e. The average molecular weight is 1020 g/mol. The summed E-state index contributed by atoms with van der Waals surface area (Å²) in [5.41, 5.74) is -0.264. The highest BCUT2D eigenvalue weighted by Gasteiger charge is 2.59. The van der Waals surface area contributed by atoms with Crippen LogP contribution in [0.3, 0.4) is 0 Å². The summed E-state index contributed by atoms with van der Waals surface area (Å²) in [6.07, 6.45) is -0.768. The molecule has 5 N–H and O–H groups in total. The summed E-state index contributed by atoms with van der Waals surface area (Å²) in [7, 11) is 0. The number of nitrogens with zero attached hydrogens (tertiary/aromatic N) is 2. The van der Waals surface area contributed by atoms with Gasteiger partial charge >= 0.3 is 18.3 Å². The fourth-order valence-corrected chi connectivity index (χ4v) is 10.3. The van der Waals surface area contributed by atoms with E-state index >= 15 is 0 Å². The number of aryl methyl sites for hydroxylation is 1. The second kappa shape index (κ2) is 26.3. The molecular weight excluding hydrogens is 959 g/mol. The molecule has 3 fully saturated rings. The number of unbranched alkanes of at least 4 members (excludes halogenated alkanes) is 1. The van der Waals surface area contributed by atoms with Crippen molar-refractivity contribution in [3.8, 4) is 0 Å². The van der Waals surface area contributed by atoms with E-state index < -0.39 is 54.6 Å². The molecular formula is C48H63F4N7O11S. The number of hydrogen-bond donors (Lipinski definition) is 5. The number of ether oxygens (including phenoxy) is 4. The van der Waals surface area contributed by atoms with E-state index in [1.54, 1.807) is 6.07 Å². The van der Waals surface area contributed by atoms with Crippen molar-refractivity contribution < 1.29 is 70.1 Å². The van der Waals surface area contributed by atoms with Crippen molar-refractivity contribution in [2.75, 3.05) is 70.3 Å². The molecule has 1 spiro atoms. The van der Waals surface area contributed by atoms with E-state index in [9.17, 15) is 51.1 Å². The Hall–Kier alpha value is -5.52. The molecule has 0 saturated carbocycles. The van der Waals surface area contributed by atoms with Gasteiger partial charge in [-0.1, -0.05) is 24.6 Å². The number of hydrogen-bond acceptors (Lipinski definition) is 12. The van der Waals surface area contributed by atoms with Crippen LogP contribution in [0.2, 0.25) is 0 Å².